The second-order valence-electron chi connectivity index (χ2n) is 6.75. The van der Waals surface area contributed by atoms with Crippen molar-refractivity contribution in [1.82, 2.24) is 0 Å². The Bertz CT molecular complexity index is 1140. The van der Waals surface area contributed by atoms with E-state index in [9.17, 15) is 47.9 Å². The normalized spacial score (nSPS) is 12.1. The number of halogens is 9. The van der Waals surface area contributed by atoms with Gasteiger partial charge in [0.25, 0.3) is 0 Å². The summed E-state index contributed by atoms with van der Waals surface area (Å²) < 4.78 is 133. The number of aliphatic hydroxyl groups is 1. The second-order valence-corrected chi connectivity index (χ2v) is 8.42. The molecule has 0 radical (unpaired) electrons. The fourth-order valence-corrected chi connectivity index (χ4v) is 3.02. The molecule has 0 amide bonds. The molecule has 15 heteroatoms. The lowest BCUT2D eigenvalue weighted by Crippen LogP contribution is -2.30. The highest BCUT2D eigenvalue weighted by molar-refractivity contribution is 7.93. The summed E-state index contributed by atoms with van der Waals surface area (Å²) in [5.74, 6) is 0. The van der Waals surface area contributed by atoms with E-state index in [0.29, 0.717) is 23.8 Å². The molecule has 0 aromatic heterocycles. The fraction of sp³-hybridized carbons (Fsp3) is 0.381. The van der Waals surface area contributed by atoms with Crippen LogP contribution in [0.25, 0.3) is 0 Å². The zero-order chi connectivity index (χ0) is 28.7. The SMILES string of the molecule is CC.CC(=N)c1cc(C)ccc1NS(=O)(=O)C(F)(F)F.OCc1cc(C(F)(F)F)ccc1C(F)(F)F. The van der Waals surface area contributed by atoms with Crippen LogP contribution in [0.2, 0.25) is 0 Å². The molecule has 0 aliphatic heterocycles. The minimum absolute atomic E-state index is 0.0291. The first-order valence-corrected chi connectivity index (χ1v) is 11.3. The van der Waals surface area contributed by atoms with Gasteiger partial charge in [-0.1, -0.05) is 25.5 Å². The van der Waals surface area contributed by atoms with E-state index in [-0.39, 0.29) is 17.0 Å². The molecule has 2 rings (SSSR count). The van der Waals surface area contributed by atoms with E-state index in [1.54, 1.807) is 6.92 Å². The van der Waals surface area contributed by atoms with Crippen molar-refractivity contribution in [3.63, 3.8) is 0 Å². The van der Waals surface area contributed by atoms with Crippen LogP contribution in [0.4, 0.5) is 45.2 Å². The Morgan fingerprint density at radius 3 is 1.83 bits per heavy atom. The van der Waals surface area contributed by atoms with Gasteiger partial charge in [-0.3, -0.25) is 4.72 Å². The van der Waals surface area contributed by atoms with Gasteiger partial charge in [0, 0.05) is 11.3 Å². The summed E-state index contributed by atoms with van der Waals surface area (Å²) in [6.07, 6.45) is -9.50. The van der Waals surface area contributed by atoms with E-state index in [1.807, 2.05) is 13.8 Å². The van der Waals surface area contributed by atoms with Crippen LogP contribution >= 0.6 is 0 Å². The number of hydrogen-bond acceptors (Lipinski definition) is 4. The molecule has 0 bridgehead atoms. The molecule has 204 valence electrons. The van der Waals surface area contributed by atoms with Crippen molar-refractivity contribution >= 4 is 21.4 Å². The average molecular weight is 554 g/mol. The van der Waals surface area contributed by atoms with Gasteiger partial charge in [0.2, 0.25) is 0 Å². The highest BCUT2D eigenvalue weighted by Gasteiger charge is 2.46. The van der Waals surface area contributed by atoms with Crippen molar-refractivity contribution in [2.75, 3.05) is 4.72 Å². The van der Waals surface area contributed by atoms with E-state index < -0.39 is 51.2 Å². The highest BCUT2D eigenvalue weighted by atomic mass is 32.2. The Morgan fingerprint density at radius 2 is 1.44 bits per heavy atom. The molecule has 36 heavy (non-hydrogen) atoms. The fourth-order valence-electron chi connectivity index (χ4n) is 2.44. The van der Waals surface area contributed by atoms with Crippen molar-refractivity contribution in [3.05, 3.63) is 64.2 Å². The maximum Gasteiger partial charge on any atom is 0.516 e. The second kappa shape index (κ2) is 12.4. The Labute approximate surface area is 201 Å². The first kappa shape index (κ1) is 33.2. The molecule has 2 aromatic rings. The first-order chi connectivity index (χ1) is 16.2. The number of benzene rings is 2. The van der Waals surface area contributed by atoms with Crippen molar-refractivity contribution in [2.24, 2.45) is 0 Å². The van der Waals surface area contributed by atoms with Gasteiger partial charge in [0.1, 0.15) is 0 Å². The van der Waals surface area contributed by atoms with Gasteiger partial charge in [-0.05, 0) is 49.7 Å². The minimum Gasteiger partial charge on any atom is -0.392 e. The molecule has 0 atom stereocenters. The van der Waals surface area contributed by atoms with Gasteiger partial charge in [0.05, 0.1) is 23.4 Å². The average Bonchev–Trinajstić information content (AvgIpc) is 2.74. The third-order valence-corrected chi connectivity index (χ3v) is 5.13. The van der Waals surface area contributed by atoms with Crippen LogP contribution in [-0.4, -0.2) is 24.7 Å². The van der Waals surface area contributed by atoms with E-state index in [1.165, 1.54) is 29.8 Å². The highest BCUT2D eigenvalue weighted by Crippen LogP contribution is 2.36. The summed E-state index contributed by atoms with van der Waals surface area (Å²) in [5.41, 5.74) is -8.11. The molecule has 0 heterocycles. The molecule has 0 spiro atoms. The first-order valence-electron chi connectivity index (χ1n) is 9.84. The quantitative estimate of drug-likeness (QED) is 0.284. The van der Waals surface area contributed by atoms with Crippen molar-refractivity contribution in [2.45, 2.75) is 52.2 Å². The number of rotatable bonds is 4. The Kier molecular flexibility index (Phi) is 11.5. The maximum absolute atomic E-state index is 12.3. The molecule has 0 saturated carbocycles. The summed E-state index contributed by atoms with van der Waals surface area (Å²) in [5, 5.41) is 16.0. The third-order valence-electron chi connectivity index (χ3n) is 4.04. The van der Waals surface area contributed by atoms with Crippen LogP contribution in [0.5, 0.6) is 0 Å². The number of sulfonamides is 1. The van der Waals surface area contributed by atoms with E-state index in [2.05, 4.69) is 0 Å². The van der Waals surface area contributed by atoms with Crippen molar-refractivity contribution in [3.8, 4) is 0 Å². The molecule has 2 aromatic carbocycles. The van der Waals surface area contributed by atoms with Crippen LogP contribution in [0.3, 0.4) is 0 Å². The largest absolute Gasteiger partial charge is 0.516 e. The number of anilines is 1. The standard InChI is InChI=1S/C10H11F3N2O2S.C9H6F6O.C2H6/c1-6-3-4-9(8(5-6)7(2)14)15-18(16,17)10(11,12)13;10-8(11,12)6-1-2-7(9(13,14)15)5(3-6)4-16;1-2/h3-5,14-15H,1-2H3;1-3,16H,4H2;1-2H3. The van der Waals surface area contributed by atoms with Gasteiger partial charge in [-0.25, -0.2) is 0 Å². The number of alkyl halides is 9. The summed E-state index contributed by atoms with van der Waals surface area (Å²) >= 11 is 0. The molecule has 3 N–H and O–H groups in total. The lowest BCUT2D eigenvalue weighted by Gasteiger charge is -2.14. The molecule has 0 saturated heterocycles. The monoisotopic (exact) mass is 554 g/mol. The molecule has 0 unspecified atom stereocenters. The van der Waals surface area contributed by atoms with Crippen LogP contribution in [0.1, 0.15) is 48.6 Å². The zero-order valence-corrected chi connectivity index (χ0v) is 20.1. The van der Waals surface area contributed by atoms with E-state index in [0.717, 1.165) is 0 Å². The van der Waals surface area contributed by atoms with Gasteiger partial charge in [-0.15, -0.1) is 0 Å². The Hall–Kier alpha value is -2.81. The maximum atomic E-state index is 12.3. The molecular formula is C21H23F9N2O3S. The van der Waals surface area contributed by atoms with Crippen LogP contribution in [-0.2, 0) is 29.0 Å². The summed E-state index contributed by atoms with van der Waals surface area (Å²) in [7, 11) is -5.47. The number of nitrogens with one attached hydrogen (secondary N) is 2. The molecule has 0 aliphatic carbocycles. The summed E-state index contributed by atoms with van der Waals surface area (Å²) in [6.45, 7) is 5.95. The topological polar surface area (TPSA) is 90.3 Å². The predicted octanol–water partition coefficient (Wildman–Crippen LogP) is 6.89. The zero-order valence-electron chi connectivity index (χ0n) is 19.2. The Morgan fingerprint density at radius 1 is 0.917 bits per heavy atom. The van der Waals surface area contributed by atoms with Gasteiger partial charge < -0.3 is 10.5 Å². The lowest BCUT2D eigenvalue weighted by atomic mass is 10.0. The molecule has 0 aliphatic rings. The van der Waals surface area contributed by atoms with Crippen LogP contribution < -0.4 is 4.72 Å². The summed E-state index contributed by atoms with van der Waals surface area (Å²) in [6, 6.07) is 5.04. The van der Waals surface area contributed by atoms with Gasteiger partial charge in [-0.2, -0.15) is 47.9 Å². The van der Waals surface area contributed by atoms with E-state index in [4.69, 9.17) is 10.5 Å². The van der Waals surface area contributed by atoms with Crippen molar-refractivity contribution in [1.29, 1.82) is 5.41 Å². The van der Waals surface area contributed by atoms with Gasteiger partial charge >= 0.3 is 27.9 Å². The molecule has 0 fully saturated rings. The molecular weight excluding hydrogens is 531 g/mol. The van der Waals surface area contributed by atoms with Crippen molar-refractivity contribution < 1.29 is 53.0 Å². The number of aliphatic hydroxyl groups excluding tert-OH is 1. The Balaban J connectivity index is 0.000000640. The number of hydrogen-bond donors (Lipinski definition) is 3. The third kappa shape index (κ3) is 9.33. The lowest BCUT2D eigenvalue weighted by molar-refractivity contribution is -0.142. The van der Waals surface area contributed by atoms with Gasteiger partial charge in [0.15, 0.2) is 0 Å². The summed E-state index contributed by atoms with van der Waals surface area (Å²) in [4.78, 5) is 0. The van der Waals surface area contributed by atoms with E-state index >= 15 is 0 Å². The predicted molar refractivity (Wildman–Crippen MR) is 116 cm³/mol. The minimum atomic E-state index is -5.47. The number of aryl methyl sites for hydroxylation is 1. The molecule has 5 nitrogen and oxygen atoms in total. The van der Waals surface area contributed by atoms with Crippen LogP contribution in [0, 0.1) is 12.3 Å². The van der Waals surface area contributed by atoms with Crippen LogP contribution in [0.15, 0.2) is 36.4 Å². The smallest absolute Gasteiger partial charge is 0.392 e.